The first-order valence-electron chi connectivity index (χ1n) is 9.93. The van der Waals surface area contributed by atoms with Crippen LogP contribution in [-0.2, 0) is 16.0 Å². The summed E-state index contributed by atoms with van der Waals surface area (Å²) in [5.41, 5.74) is 5.67. The van der Waals surface area contributed by atoms with Crippen molar-refractivity contribution >= 4 is 40.6 Å². The minimum Gasteiger partial charge on any atom is -0.443 e. The number of halogens is 1. The van der Waals surface area contributed by atoms with Crippen molar-refractivity contribution in [3.05, 3.63) is 33.4 Å². The highest BCUT2D eigenvalue weighted by molar-refractivity contribution is 14.1. The number of nitrogens with zero attached hydrogens (tertiary/aromatic N) is 1. The summed E-state index contributed by atoms with van der Waals surface area (Å²) in [6.45, 7) is 5.26. The molecule has 1 aliphatic carbocycles. The van der Waals surface area contributed by atoms with Crippen molar-refractivity contribution in [1.82, 2.24) is 10.2 Å². The van der Waals surface area contributed by atoms with Crippen molar-refractivity contribution in [1.29, 1.82) is 0 Å². The minimum atomic E-state index is -0.920. The Morgan fingerprint density at radius 3 is 2.28 bits per heavy atom. The molecule has 0 bridgehead atoms. The van der Waals surface area contributed by atoms with Gasteiger partial charge in [0.05, 0.1) is 0 Å². The van der Waals surface area contributed by atoms with Crippen molar-refractivity contribution in [2.24, 2.45) is 5.73 Å². The first kappa shape index (κ1) is 23.4. The fourth-order valence-corrected chi connectivity index (χ4v) is 3.71. The minimum absolute atomic E-state index is 0.245. The lowest BCUT2D eigenvalue weighted by molar-refractivity contribution is -0.119. The van der Waals surface area contributed by atoms with Crippen LogP contribution < -0.4 is 11.1 Å². The first-order chi connectivity index (χ1) is 13.6. The standard InChI is InChI=1S/C21H30IN3O4/c1-21(2,3)29-20(28)25(16-7-5-4-6-8-16)19(27)24-17(18(23)26)13-14-9-11-15(22)12-10-14/h9-12,16-17H,4-8,13H2,1-3H3,(H2,23,26)(H,24,27). The van der Waals surface area contributed by atoms with Gasteiger partial charge in [-0.15, -0.1) is 0 Å². The molecule has 1 aromatic rings. The van der Waals surface area contributed by atoms with E-state index >= 15 is 0 Å². The zero-order chi connectivity index (χ0) is 21.6. The molecule has 29 heavy (non-hydrogen) atoms. The van der Waals surface area contributed by atoms with Gasteiger partial charge in [0.1, 0.15) is 11.6 Å². The Balaban J connectivity index is 2.17. The number of carbonyl (C=O) groups is 3. The van der Waals surface area contributed by atoms with Crippen molar-refractivity contribution < 1.29 is 19.1 Å². The Morgan fingerprint density at radius 1 is 1.17 bits per heavy atom. The van der Waals surface area contributed by atoms with Crippen LogP contribution in [0.2, 0.25) is 0 Å². The second-order valence-electron chi connectivity index (χ2n) is 8.38. The Kier molecular flexibility index (Phi) is 8.30. The van der Waals surface area contributed by atoms with Crippen LogP contribution in [0.15, 0.2) is 24.3 Å². The summed E-state index contributed by atoms with van der Waals surface area (Å²) >= 11 is 2.19. The summed E-state index contributed by atoms with van der Waals surface area (Å²) in [7, 11) is 0. The largest absolute Gasteiger partial charge is 0.443 e. The molecule has 1 aromatic carbocycles. The maximum absolute atomic E-state index is 13.0. The van der Waals surface area contributed by atoms with Gasteiger partial charge in [-0.3, -0.25) is 4.79 Å². The smallest absolute Gasteiger partial charge is 0.418 e. The number of nitrogens with two attached hydrogens (primary N) is 1. The number of hydrogen-bond acceptors (Lipinski definition) is 4. The van der Waals surface area contributed by atoms with Crippen LogP contribution in [0.3, 0.4) is 0 Å². The van der Waals surface area contributed by atoms with Gasteiger partial charge in [0, 0.05) is 16.0 Å². The van der Waals surface area contributed by atoms with Crippen molar-refractivity contribution in [2.45, 2.75) is 77.0 Å². The molecule has 8 heteroatoms. The number of imide groups is 1. The molecule has 0 aliphatic heterocycles. The fraction of sp³-hybridized carbons (Fsp3) is 0.571. The number of rotatable bonds is 5. The maximum Gasteiger partial charge on any atom is 0.418 e. The molecule has 1 fully saturated rings. The average Bonchev–Trinajstić information content (AvgIpc) is 2.62. The van der Waals surface area contributed by atoms with Crippen LogP contribution in [0.5, 0.6) is 0 Å². The lowest BCUT2D eigenvalue weighted by Crippen LogP contribution is -2.56. The van der Waals surface area contributed by atoms with E-state index < -0.39 is 29.7 Å². The topological polar surface area (TPSA) is 102 Å². The summed E-state index contributed by atoms with van der Waals surface area (Å²) in [6, 6.07) is 5.81. The van der Waals surface area contributed by atoms with Gasteiger partial charge in [0.2, 0.25) is 5.91 Å². The summed E-state index contributed by atoms with van der Waals surface area (Å²) in [5.74, 6) is -0.648. The summed E-state index contributed by atoms with van der Waals surface area (Å²) < 4.78 is 6.53. The number of amides is 4. The monoisotopic (exact) mass is 515 g/mol. The van der Waals surface area contributed by atoms with E-state index in [2.05, 4.69) is 27.9 Å². The lowest BCUT2D eigenvalue weighted by Gasteiger charge is -2.34. The van der Waals surface area contributed by atoms with Crippen LogP contribution in [0.25, 0.3) is 0 Å². The van der Waals surface area contributed by atoms with Crippen LogP contribution in [-0.4, -0.2) is 40.6 Å². The third kappa shape index (κ3) is 7.49. The van der Waals surface area contributed by atoms with Gasteiger partial charge in [0.25, 0.3) is 0 Å². The van der Waals surface area contributed by atoms with E-state index in [0.717, 1.165) is 46.1 Å². The number of primary amides is 1. The van der Waals surface area contributed by atoms with Crippen LogP contribution in [0.1, 0.15) is 58.4 Å². The van der Waals surface area contributed by atoms with Gasteiger partial charge in [0.15, 0.2) is 0 Å². The molecule has 2 rings (SSSR count). The van der Waals surface area contributed by atoms with Gasteiger partial charge < -0.3 is 15.8 Å². The number of nitrogens with one attached hydrogen (secondary N) is 1. The molecule has 1 atom stereocenters. The Hall–Kier alpha value is -1.84. The fourth-order valence-electron chi connectivity index (χ4n) is 3.35. The molecule has 7 nitrogen and oxygen atoms in total. The molecule has 0 aromatic heterocycles. The van der Waals surface area contributed by atoms with E-state index in [1.54, 1.807) is 20.8 Å². The zero-order valence-electron chi connectivity index (χ0n) is 17.2. The highest BCUT2D eigenvalue weighted by Gasteiger charge is 2.35. The Morgan fingerprint density at radius 2 is 1.76 bits per heavy atom. The molecule has 0 radical (unpaired) electrons. The zero-order valence-corrected chi connectivity index (χ0v) is 19.4. The van der Waals surface area contributed by atoms with Crippen LogP contribution in [0.4, 0.5) is 9.59 Å². The second kappa shape index (κ2) is 10.3. The predicted molar refractivity (Wildman–Crippen MR) is 119 cm³/mol. The Bertz CT molecular complexity index is 724. The Labute approximate surface area is 185 Å². The molecule has 3 N–H and O–H groups in total. The summed E-state index contributed by atoms with van der Waals surface area (Å²) in [4.78, 5) is 38.9. The molecule has 1 aliphatic rings. The van der Waals surface area contributed by atoms with E-state index in [9.17, 15) is 14.4 Å². The van der Waals surface area contributed by atoms with E-state index in [-0.39, 0.29) is 12.5 Å². The number of ether oxygens (including phenoxy) is 1. The van der Waals surface area contributed by atoms with Crippen LogP contribution >= 0.6 is 22.6 Å². The van der Waals surface area contributed by atoms with Gasteiger partial charge in [-0.05, 0) is 73.9 Å². The highest BCUT2D eigenvalue weighted by Crippen LogP contribution is 2.24. The second-order valence-corrected chi connectivity index (χ2v) is 9.62. The molecule has 1 unspecified atom stereocenters. The quantitative estimate of drug-likeness (QED) is 0.580. The van der Waals surface area contributed by atoms with Crippen molar-refractivity contribution in [3.63, 3.8) is 0 Å². The lowest BCUT2D eigenvalue weighted by atomic mass is 9.94. The molecule has 4 amide bonds. The van der Waals surface area contributed by atoms with Crippen molar-refractivity contribution in [2.75, 3.05) is 0 Å². The molecule has 0 spiro atoms. The van der Waals surface area contributed by atoms with Gasteiger partial charge in [-0.2, -0.15) is 0 Å². The SMILES string of the molecule is CC(C)(C)OC(=O)N(C(=O)NC(Cc1ccc(I)cc1)C(N)=O)C1CCCCC1. The number of benzene rings is 1. The molecular formula is C21H30IN3O4. The molecular weight excluding hydrogens is 485 g/mol. The van der Waals surface area contributed by atoms with E-state index in [1.165, 1.54) is 0 Å². The van der Waals surface area contributed by atoms with Crippen LogP contribution in [0, 0.1) is 3.57 Å². The van der Waals surface area contributed by atoms with E-state index in [0.29, 0.717) is 0 Å². The average molecular weight is 515 g/mol. The molecule has 0 heterocycles. The van der Waals surface area contributed by atoms with Crippen molar-refractivity contribution in [3.8, 4) is 0 Å². The molecule has 1 saturated carbocycles. The summed E-state index contributed by atoms with van der Waals surface area (Å²) in [5, 5.41) is 2.65. The molecule has 160 valence electrons. The van der Waals surface area contributed by atoms with Gasteiger partial charge >= 0.3 is 12.1 Å². The predicted octanol–water partition coefficient (Wildman–Crippen LogP) is 3.97. The summed E-state index contributed by atoms with van der Waals surface area (Å²) in [6.07, 6.45) is 3.98. The number of carbonyl (C=O) groups excluding carboxylic acids is 3. The normalized spacial score (nSPS) is 16.0. The maximum atomic E-state index is 13.0. The first-order valence-corrected chi connectivity index (χ1v) is 11.0. The van der Waals surface area contributed by atoms with E-state index in [4.69, 9.17) is 10.5 Å². The van der Waals surface area contributed by atoms with Gasteiger partial charge in [-0.25, -0.2) is 14.5 Å². The molecule has 0 saturated heterocycles. The number of urea groups is 1. The van der Waals surface area contributed by atoms with E-state index in [1.807, 2.05) is 24.3 Å². The third-order valence-electron chi connectivity index (χ3n) is 4.74. The van der Waals surface area contributed by atoms with Gasteiger partial charge in [-0.1, -0.05) is 31.4 Å². The number of hydrogen-bond donors (Lipinski definition) is 2. The highest BCUT2D eigenvalue weighted by atomic mass is 127. The third-order valence-corrected chi connectivity index (χ3v) is 5.46.